The Morgan fingerprint density at radius 1 is 1.16 bits per heavy atom. The molecular formula is C21H20N2O2. The molecule has 1 fully saturated rings. The monoisotopic (exact) mass is 332 g/mol. The Kier molecular flexibility index (Phi) is 5.61. The van der Waals surface area contributed by atoms with Gasteiger partial charge in [0.05, 0.1) is 6.10 Å². The van der Waals surface area contributed by atoms with Crippen molar-refractivity contribution in [3.05, 3.63) is 65.7 Å². The van der Waals surface area contributed by atoms with E-state index in [-0.39, 0.29) is 17.6 Å². The Labute approximate surface area is 147 Å². The summed E-state index contributed by atoms with van der Waals surface area (Å²) in [5.41, 5.74) is 3.15. The number of amides is 1. The van der Waals surface area contributed by atoms with Crippen molar-refractivity contribution >= 4 is 12.0 Å². The summed E-state index contributed by atoms with van der Waals surface area (Å²) in [4.78, 5) is 12.2. The average Bonchev–Trinajstić information content (AvgIpc) is 3.19. The lowest BCUT2D eigenvalue weighted by Crippen LogP contribution is -2.32. The highest BCUT2D eigenvalue weighted by atomic mass is 16.5. The maximum atomic E-state index is 12.2. The molecule has 0 spiro atoms. The van der Waals surface area contributed by atoms with E-state index in [9.17, 15) is 10.1 Å². The van der Waals surface area contributed by atoms with Crippen LogP contribution in [0, 0.1) is 11.3 Å². The first-order valence-corrected chi connectivity index (χ1v) is 8.43. The minimum absolute atomic E-state index is 0.0639. The number of carbonyl (C=O) groups excluding carboxylic acids is 1. The van der Waals surface area contributed by atoms with E-state index in [0.29, 0.717) is 6.54 Å². The maximum absolute atomic E-state index is 12.2. The van der Waals surface area contributed by atoms with E-state index in [1.54, 1.807) is 6.08 Å². The Hall–Kier alpha value is -2.90. The SMILES string of the molecule is N#CC(=Cc1ccc(-c2ccccc2)cc1)C(=O)NCC1CCCO1. The Balaban J connectivity index is 1.67. The second-order valence-electron chi connectivity index (χ2n) is 6.00. The number of hydrogen-bond donors (Lipinski definition) is 1. The number of nitrogens with zero attached hydrogens (tertiary/aromatic N) is 1. The minimum atomic E-state index is -0.356. The van der Waals surface area contributed by atoms with Crippen molar-refractivity contribution in [1.29, 1.82) is 5.26 Å². The summed E-state index contributed by atoms with van der Waals surface area (Å²) >= 11 is 0. The van der Waals surface area contributed by atoms with Crippen LogP contribution in [0.15, 0.2) is 60.2 Å². The van der Waals surface area contributed by atoms with E-state index in [0.717, 1.165) is 36.1 Å². The summed E-state index contributed by atoms with van der Waals surface area (Å²) in [6.45, 7) is 1.19. The highest BCUT2D eigenvalue weighted by Gasteiger charge is 2.17. The molecule has 1 atom stereocenters. The summed E-state index contributed by atoms with van der Waals surface area (Å²) in [6.07, 6.45) is 3.65. The number of rotatable bonds is 5. The second-order valence-corrected chi connectivity index (χ2v) is 6.00. The van der Waals surface area contributed by atoms with Crippen LogP contribution in [-0.2, 0) is 9.53 Å². The van der Waals surface area contributed by atoms with Crippen molar-refractivity contribution in [1.82, 2.24) is 5.32 Å². The molecule has 1 aliphatic heterocycles. The molecule has 0 aliphatic carbocycles. The molecule has 1 heterocycles. The largest absolute Gasteiger partial charge is 0.376 e. The van der Waals surface area contributed by atoms with Crippen LogP contribution >= 0.6 is 0 Å². The first-order chi connectivity index (χ1) is 12.3. The molecule has 1 aliphatic rings. The number of nitrogens with one attached hydrogen (secondary N) is 1. The number of carbonyl (C=O) groups is 1. The quantitative estimate of drug-likeness (QED) is 0.673. The number of benzene rings is 2. The molecule has 2 aromatic rings. The molecule has 25 heavy (non-hydrogen) atoms. The van der Waals surface area contributed by atoms with Crippen LogP contribution in [0.2, 0.25) is 0 Å². The van der Waals surface area contributed by atoms with Crippen LogP contribution in [-0.4, -0.2) is 25.2 Å². The number of nitriles is 1. The lowest BCUT2D eigenvalue weighted by atomic mass is 10.0. The topological polar surface area (TPSA) is 62.1 Å². The molecular weight excluding hydrogens is 312 g/mol. The van der Waals surface area contributed by atoms with E-state index in [1.165, 1.54) is 0 Å². The van der Waals surface area contributed by atoms with E-state index >= 15 is 0 Å². The van der Waals surface area contributed by atoms with E-state index in [2.05, 4.69) is 5.32 Å². The molecule has 0 radical (unpaired) electrons. The Morgan fingerprint density at radius 2 is 1.88 bits per heavy atom. The van der Waals surface area contributed by atoms with Gasteiger partial charge in [0.2, 0.25) is 0 Å². The lowest BCUT2D eigenvalue weighted by Gasteiger charge is -2.10. The van der Waals surface area contributed by atoms with Gasteiger partial charge in [-0.3, -0.25) is 4.79 Å². The van der Waals surface area contributed by atoms with Crippen molar-refractivity contribution in [3.8, 4) is 17.2 Å². The van der Waals surface area contributed by atoms with Gasteiger partial charge in [0.25, 0.3) is 5.91 Å². The molecule has 0 saturated carbocycles. The van der Waals surface area contributed by atoms with Crippen LogP contribution in [0.3, 0.4) is 0 Å². The summed E-state index contributed by atoms with van der Waals surface area (Å²) in [5, 5.41) is 12.1. The molecule has 0 bridgehead atoms. The predicted octanol–water partition coefficient (Wildman–Crippen LogP) is 3.56. The van der Waals surface area contributed by atoms with Gasteiger partial charge in [-0.15, -0.1) is 0 Å². The molecule has 126 valence electrons. The smallest absolute Gasteiger partial charge is 0.262 e. The predicted molar refractivity (Wildman–Crippen MR) is 97.5 cm³/mol. The fraction of sp³-hybridized carbons (Fsp3) is 0.238. The average molecular weight is 332 g/mol. The minimum Gasteiger partial charge on any atom is -0.376 e. The molecule has 2 aromatic carbocycles. The van der Waals surface area contributed by atoms with Gasteiger partial charge >= 0.3 is 0 Å². The van der Waals surface area contributed by atoms with Crippen LogP contribution < -0.4 is 5.32 Å². The van der Waals surface area contributed by atoms with Gasteiger partial charge in [0.1, 0.15) is 11.6 Å². The Morgan fingerprint density at radius 3 is 2.52 bits per heavy atom. The van der Waals surface area contributed by atoms with Crippen molar-refractivity contribution in [2.45, 2.75) is 18.9 Å². The van der Waals surface area contributed by atoms with Gasteiger partial charge in [-0.25, -0.2) is 0 Å². The summed E-state index contributed by atoms with van der Waals surface area (Å²) in [7, 11) is 0. The third kappa shape index (κ3) is 4.56. The molecule has 4 heteroatoms. The summed E-state index contributed by atoms with van der Waals surface area (Å²) < 4.78 is 5.47. The zero-order valence-electron chi connectivity index (χ0n) is 13.9. The van der Waals surface area contributed by atoms with Crippen LogP contribution in [0.1, 0.15) is 18.4 Å². The first kappa shape index (κ1) is 16.9. The third-order valence-electron chi connectivity index (χ3n) is 4.21. The number of hydrogen-bond acceptors (Lipinski definition) is 3. The third-order valence-corrected chi connectivity index (χ3v) is 4.21. The van der Waals surface area contributed by atoms with E-state index in [4.69, 9.17) is 4.74 Å². The Bertz CT molecular complexity index is 783. The highest BCUT2D eigenvalue weighted by molar-refractivity contribution is 6.01. The fourth-order valence-corrected chi connectivity index (χ4v) is 2.82. The molecule has 3 rings (SSSR count). The maximum Gasteiger partial charge on any atom is 0.262 e. The molecule has 1 N–H and O–H groups in total. The van der Waals surface area contributed by atoms with Crippen LogP contribution in [0.25, 0.3) is 17.2 Å². The van der Waals surface area contributed by atoms with Gasteiger partial charge in [-0.1, -0.05) is 54.6 Å². The van der Waals surface area contributed by atoms with Gasteiger partial charge in [-0.05, 0) is 35.6 Å². The zero-order valence-corrected chi connectivity index (χ0v) is 13.9. The zero-order chi connectivity index (χ0) is 17.5. The van der Waals surface area contributed by atoms with Gasteiger partial charge in [0.15, 0.2) is 0 Å². The van der Waals surface area contributed by atoms with Crippen molar-refractivity contribution < 1.29 is 9.53 Å². The van der Waals surface area contributed by atoms with Gasteiger partial charge in [0, 0.05) is 13.2 Å². The second kappa shape index (κ2) is 8.27. The molecule has 0 aromatic heterocycles. The number of ether oxygens (including phenoxy) is 1. The normalized spacial score (nSPS) is 17.1. The first-order valence-electron chi connectivity index (χ1n) is 8.43. The van der Waals surface area contributed by atoms with Gasteiger partial charge < -0.3 is 10.1 Å². The molecule has 1 amide bonds. The van der Waals surface area contributed by atoms with E-state index < -0.39 is 0 Å². The summed E-state index contributed by atoms with van der Waals surface area (Å²) in [5.74, 6) is -0.356. The standard InChI is InChI=1S/C21H20N2O2/c22-14-19(21(24)23-15-20-7-4-12-25-20)13-16-8-10-18(11-9-16)17-5-2-1-3-6-17/h1-3,5-6,8-11,13,20H,4,7,12,15H2,(H,23,24). The van der Waals surface area contributed by atoms with E-state index in [1.807, 2.05) is 60.7 Å². The molecule has 1 unspecified atom stereocenters. The molecule has 4 nitrogen and oxygen atoms in total. The fourth-order valence-electron chi connectivity index (χ4n) is 2.82. The van der Waals surface area contributed by atoms with Crippen molar-refractivity contribution in [3.63, 3.8) is 0 Å². The van der Waals surface area contributed by atoms with Crippen LogP contribution in [0.4, 0.5) is 0 Å². The summed E-state index contributed by atoms with van der Waals surface area (Å²) in [6, 6.07) is 19.8. The lowest BCUT2D eigenvalue weighted by molar-refractivity contribution is -0.117. The molecule has 1 saturated heterocycles. The van der Waals surface area contributed by atoms with Crippen molar-refractivity contribution in [2.75, 3.05) is 13.2 Å². The van der Waals surface area contributed by atoms with Gasteiger partial charge in [-0.2, -0.15) is 5.26 Å². The highest BCUT2D eigenvalue weighted by Crippen LogP contribution is 2.20. The van der Waals surface area contributed by atoms with Crippen molar-refractivity contribution in [2.24, 2.45) is 0 Å². The van der Waals surface area contributed by atoms with Crippen LogP contribution in [0.5, 0.6) is 0 Å².